The Balaban J connectivity index is 1.46. The van der Waals surface area contributed by atoms with Crippen LogP contribution >= 0.6 is 0 Å². The van der Waals surface area contributed by atoms with Crippen LogP contribution in [0.25, 0.3) is 0 Å². The molecule has 0 atom stereocenters. The number of rotatable bonds is 3. The van der Waals surface area contributed by atoms with Crippen molar-refractivity contribution in [1.29, 1.82) is 0 Å². The summed E-state index contributed by atoms with van der Waals surface area (Å²) in [7, 11) is 0. The second-order valence-electron chi connectivity index (χ2n) is 5.32. The van der Waals surface area contributed by atoms with Crippen molar-refractivity contribution < 1.29 is 4.79 Å². The predicted molar refractivity (Wildman–Crippen MR) is 68.2 cm³/mol. The Labute approximate surface area is 107 Å². The summed E-state index contributed by atoms with van der Waals surface area (Å²) in [4.78, 5) is 16.1. The van der Waals surface area contributed by atoms with Gasteiger partial charge < -0.3 is 4.90 Å². The largest absolute Gasteiger partial charge is 0.341 e. The molecule has 2 fully saturated rings. The Morgan fingerprint density at radius 2 is 2.11 bits per heavy atom. The van der Waals surface area contributed by atoms with Crippen LogP contribution in [-0.2, 0) is 4.79 Å². The third-order valence-electron chi connectivity index (χ3n) is 4.15. The van der Waals surface area contributed by atoms with Crippen LogP contribution in [0.3, 0.4) is 0 Å². The zero-order chi connectivity index (χ0) is 12.4. The minimum Gasteiger partial charge on any atom is -0.341 e. The number of piperidine rings is 1. The number of likely N-dealkylation sites (tertiary alicyclic amines) is 2. The summed E-state index contributed by atoms with van der Waals surface area (Å²) in [6.45, 7) is 4.58. The Kier molecular flexibility index (Phi) is 3.32. The maximum Gasteiger partial charge on any atom is 0.236 e. The van der Waals surface area contributed by atoms with Gasteiger partial charge in [-0.1, -0.05) is 0 Å². The minimum atomic E-state index is 0.308. The maximum absolute atomic E-state index is 11.9. The van der Waals surface area contributed by atoms with Crippen molar-refractivity contribution in [3.8, 4) is 0 Å². The summed E-state index contributed by atoms with van der Waals surface area (Å²) in [5.74, 6) is 0.919. The molecule has 0 saturated carbocycles. The first-order valence-corrected chi connectivity index (χ1v) is 6.82. The number of nitrogens with one attached hydrogen (secondary N) is 1. The second kappa shape index (κ2) is 5.10. The van der Waals surface area contributed by atoms with E-state index in [1.807, 2.05) is 17.3 Å². The number of carbonyl (C=O) groups is 1. The number of carbonyl (C=O) groups excluding carboxylic acids is 1. The molecule has 5 nitrogen and oxygen atoms in total. The van der Waals surface area contributed by atoms with Crippen molar-refractivity contribution in [3.05, 3.63) is 18.0 Å². The van der Waals surface area contributed by atoms with Crippen LogP contribution in [0, 0.1) is 0 Å². The highest BCUT2D eigenvalue weighted by atomic mass is 16.2. The Morgan fingerprint density at radius 3 is 2.67 bits per heavy atom. The lowest BCUT2D eigenvalue weighted by atomic mass is 9.91. The molecule has 5 heteroatoms. The van der Waals surface area contributed by atoms with Crippen LogP contribution in [0.5, 0.6) is 0 Å². The smallest absolute Gasteiger partial charge is 0.236 e. The molecule has 2 aliphatic rings. The van der Waals surface area contributed by atoms with Gasteiger partial charge in [0, 0.05) is 19.3 Å². The quantitative estimate of drug-likeness (QED) is 0.861. The van der Waals surface area contributed by atoms with Crippen LogP contribution in [0.4, 0.5) is 0 Å². The van der Waals surface area contributed by atoms with Gasteiger partial charge in [-0.3, -0.25) is 14.8 Å². The number of aromatic amines is 1. The van der Waals surface area contributed by atoms with Crippen LogP contribution < -0.4 is 0 Å². The lowest BCUT2D eigenvalue weighted by Crippen LogP contribution is -2.48. The van der Waals surface area contributed by atoms with Crippen molar-refractivity contribution >= 4 is 5.91 Å². The van der Waals surface area contributed by atoms with E-state index in [9.17, 15) is 4.79 Å². The number of nitrogens with zero attached hydrogens (tertiary/aromatic N) is 3. The van der Waals surface area contributed by atoms with Gasteiger partial charge in [0.15, 0.2) is 0 Å². The highest BCUT2D eigenvalue weighted by Gasteiger charge is 2.26. The summed E-state index contributed by atoms with van der Waals surface area (Å²) in [5.41, 5.74) is 1.31. The summed E-state index contributed by atoms with van der Waals surface area (Å²) in [6.07, 6.45) is 7.35. The van der Waals surface area contributed by atoms with E-state index in [1.165, 1.54) is 12.0 Å². The summed E-state index contributed by atoms with van der Waals surface area (Å²) >= 11 is 0. The maximum atomic E-state index is 11.9. The molecule has 3 rings (SSSR count). The molecule has 0 aliphatic carbocycles. The molecule has 98 valence electrons. The monoisotopic (exact) mass is 248 g/mol. The molecule has 1 aromatic rings. The number of hydrogen-bond donors (Lipinski definition) is 1. The molecule has 1 amide bonds. The molecule has 2 aliphatic heterocycles. The molecule has 0 unspecified atom stereocenters. The molecule has 0 aromatic carbocycles. The molecular weight excluding hydrogens is 228 g/mol. The van der Waals surface area contributed by atoms with Gasteiger partial charge in [-0.25, -0.2) is 0 Å². The van der Waals surface area contributed by atoms with Crippen molar-refractivity contribution in [1.82, 2.24) is 20.0 Å². The minimum absolute atomic E-state index is 0.308. The summed E-state index contributed by atoms with van der Waals surface area (Å²) in [6, 6.07) is 0. The Bertz CT molecular complexity index is 391. The van der Waals surface area contributed by atoms with E-state index in [4.69, 9.17) is 0 Å². The van der Waals surface area contributed by atoms with Crippen LogP contribution in [0.2, 0.25) is 0 Å². The normalized spacial score (nSPS) is 21.9. The number of hydrogen-bond acceptors (Lipinski definition) is 3. The number of H-pyrrole nitrogens is 1. The fourth-order valence-electron chi connectivity index (χ4n) is 2.77. The summed E-state index contributed by atoms with van der Waals surface area (Å²) < 4.78 is 0. The second-order valence-corrected chi connectivity index (χ2v) is 5.32. The van der Waals surface area contributed by atoms with Gasteiger partial charge in [-0.15, -0.1) is 0 Å². The lowest BCUT2D eigenvalue weighted by molar-refractivity contribution is -0.136. The molecule has 3 heterocycles. The molecule has 0 spiro atoms. The van der Waals surface area contributed by atoms with Crippen LogP contribution in [0.1, 0.15) is 30.7 Å². The highest BCUT2D eigenvalue weighted by Crippen LogP contribution is 2.27. The van der Waals surface area contributed by atoms with Gasteiger partial charge in [0.05, 0.1) is 12.7 Å². The van der Waals surface area contributed by atoms with E-state index in [1.54, 1.807) is 0 Å². The predicted octanol–water partition coefficient (Wildman–Crippen LogP) is 0.821. The van der Waals surface area contributed by atoms with E-state index in [0.717, 1.165) is 39.0 Å². The standard InChI is InChI=1S/C13H20N4O/c18-13(17-4-1-5-17)10-16-6-2-11(3-7-16)12-8-14-15-9-12/h8-9,11H,1-7,10H2,(H,14,15). The van der Waals surface area contributed by atoms with Gasteiger partial charge in [0.25, 0.3) is 0 Å². The first-order valence-electron chi connectivity index (χ1n) is 6.82. The van der Waals surface area contributed by atoms with Crippen LogP contribution in [0.15, 0.2) is 12.4 Å². The van der Waals surface area contributed by atoms with E-state index >= 15 is 0 Å². The van der Waals surface area contributed by atoms with Gasteiger partial charge in [0.2, 0.25) is 5.91 Å². The Hall–Kier alpha value is -1.36. The van der Waals surface area contributed by atoms with Gasteiger partial charge in [-0.2, -0.15) is 5.10 Å². The van der Waals surface area contributed by atoms with Gasteiger partial charge >= 0.3 is 0 Å². The lowest BCUT2D eigenvalue weighted by Gasteiger charge is -2.35. The zero-order valence-corrected chi connectivity index (χ0v) is 10.6. The topological polar surface area (TPSA) is 52.2 Å². The third kappa shape index (κ3) is 2.41. The zero-order valence-electron chi connectivity index (χ0n) is 10.6. The molecule has 1 aromatic heterocycles. The molecule has 0 radical (unpaired) electrons. The van der Waals surface area contributed by atoms with E-state index in [0.29, 0.717) is 18.4 Å². The molecule has 1 N–H and O–H groups in total. The third-order valence-corrected chi connectivity index (χ3v) is 4.15. The van der Waals surface area contributed by atoms with Crippen molar-refractivity contribution in [2.24, 2.45) is 0 Å². The molecular formula is C13H20N4O. The molecule has 2 saturated heterocycles. The van der Waals surface area contributed by atoms with Crippen LogP contribution in [-0.4, -0.2) is 58.6 Å². The van der Waals surface area contributed by atoms with Crippen molar-refractivity contribution in [2.75, 3.05) is 32.7 Å². The van der Waals surface area contributed by atoms with E-state index in [2.05, 4.69) is 15.1 Å². The SMILES string of the molecule is O=C(CN1CCC(c2cn[nH]c2)CC1)N1CCC1. The number of aromatic nitrogens is 2. The van der Waals surface area contributed by atoms with Crippen molar-refractivity contribution in [2.45, 2.75) is 25.2 Å². The first-order chi connectivity index (χ1) is 8.83. The van der Waals surface area contributed by atoms with E-state index < -0.39 is 0 Å². The highest BCUT2D eigenvalue weighted by molar-refractivity contribution is 5.78. The fraction of sp³-hybridized carbons (Fsp3) is 0.692. The fourth-order valence-corrected chi connectivity index (χ4v) is 2.77. The molecule has 18 heavy (non-hydrogen) atoms. The average Bonchev–Trinajstić information content (AvgIpc) is 2.81. The first kappa shape index (κ1) is 11.7. The van der Waals surface area contributed by atoms with Crippen molar-refractivity contribution in [3.63, 3.8) is 0 Å². The van der Waals surface area contributed by atoms with Gasteiger partial charge in [0.1, 0.15) is 0 Å². The van der Waals surface area contributed by atoms with E-state index in [-0.39, 0.29) is 0 Å². The summed E-state index contributed by atoms with van der Waals surface area (Å²) in [5, 5.41) is 6.88. The Morgan fingerprint density at radius 1 is 1.33 bits per heavy atom. The average molecular weight is 248 g/mol. The van der Waals surface area contributed by atoms with Gasteiger partial charge in [-0.05, 0) is 43.8 Å². The number of amides is 1. The molecule has 0 bridgehead atoms.